The van der Waals surface area contributed by atoms with Gasteiger partial charge in [-0.1, -0.05) is 0 Å². The molecule has 1 N–H and O–H groups in total. The molecule has 8 nitrogen and oxygen atoms in total. The van der Waals surface area contributed by atoms with Crippen LogP contribution in [0.15, 0.2) is 53.2 Å². The van der Waals surface area contributed by atoms with Crippen LogP contribution in [0.2, 0.25) is 0 Å². The largest absolute Gasteiger partial charge is 0.419 e. The zero-order valence-corrected chi connectivity index (χ0v) is 15.7. The molecule has 1 saturated heterocycles. The summed E-state index contributed by atoms with van der Waals surface area (Å²) >= 11 is 0. The number of carbonyl (C=O) groups excluding carboxylic acids is 1. The minimum atomic E-state index is -0.173. The number of anilines is 1. The first-order chi connectivity index (χ1) is 13.7. The Bertz CT molecular complexity index is 917. The van der Waals surface area contributed by atoms with Gasteiger partial charge in [0.25, 0.3) is 5.91 Å². The first-order valence-electron chi connectivity index (χ1n) is 9.23. The van der Waals surface area contributed by atoms with Gasteiger partial charge in [0.15, 0.2) is 0 Å². The summed E-state index contributed by atoms with van der Waals surface area (Å²) in [5, 5.41) is 10.8. The Kier molecular flexibility index (Phi) is 5.29. The fraction of sp³-hybridized carbons (Fsp3) is 0.300. The van der Waals surface area contributed by atoms with Crippen molar-refractivity contribution in [2.24, 2.45) is 0 Å². The molecule has 1 amide bonds. The van der Waals surface area contributed by atoms with Crippen molar-refractivity contribution in [1.29, 1.82) is 0 Å². The molecule has 1 aliphatic heterocycles. The van der Waals surface area contributed by atoms with E-state index < -0.39 is 0 Å². The van der Waals surface area contributed by atoms with Gasteiger partial charge in [-0.05, 0) is 43.4 Å². The van der Waals surface area contributed by atoms with Crippen molar-refractivity contribution in [2.45, 2.75) is 6.54 Å². The number of hydrogen-bond acceptors (Lipinski definition) is 7. The Hall–Kier alpha value is -3.26. The molecule has 0 unspecified atom stereocenters. The molecule has 3 heterocycles. The first kappa shape index (κ1) is 18.1. The lowest BCUT2D eigenvalue weighted by Gasteiger charge is -2.34. The third-order valence-corrected chi connectivity index (χ3v) is 4.79. The summed E-state index contributed by atoms with van der Waals surface area (Å²) in [7, 11) is 2.13. The summed E-state index contributed by atoms with van der Waals surface area (Å²) in [6.45, 7) is 4.27. The molecule has 0 bridgehead atoms. The number of benzene rings is 1. The van der Waals surface area contributed by atoms with E-state index in [1.165, 1.54) is 0 Å². The minimum absolute atomic E-state index is 0.173. The standard InChI is InChI=1S/C20H22N6O2/c1-25-10-12-26(13-11-25)17-4-2-15(3-5-17)19(27)22-14-18-23-24-20(28-18)16-6-8-21-9-7-16/h2-9H,10-14H2,1H3,(H,22,27). The summed E-state index contributed by atoms with van der Waals surface area (Å²) in [6, 6.07) is 11.3. The van der Waals surface area contributed by atoms with Gasteiger partial charge >= 0.3 is 0 Å². The number of piperazine rings is 1. The average molecular weight is 378 g/mol. The number of rotatable bonds is 5. The topological polar surface area (TPSA) is 87.4 Å². The Morgan fingerprint density at radius 2 is 1.75 bits per heavy atom. The van der Waals surface area contributed by atoms with Crippen molar-refractivity contribution in [1.82, 2.24) is 25.4 Å². The van der Waals surface area contributed by atoms with Gasteiger partial charge in [0.05, 0.1) is 6.54 Å². The molecule has 0 aliphatic carbocycles. The van der Waals surface area contributed by atoms with Crippen LogP contribution in [0.4, 0.5) is 5.69 Å². The van der Waals surface area contributed by atoms with Crippen LogP contribution in [0.3, 0.4) is 0 Å². The lowest BCUT2D eigenvalue weighted by Crippen LogP contribution is -2.44. The number of carbonyl (C=O) groups is 1. The van der Waals surface area contributed by atoms with E-state index >= 15 is 0 Å². The predicted octanol–water partition coefficient (Wildman–Crippen LogP) is 1.81. The van der Waals surface area contributed by atoms with E-state index in [1.54, 1.807) is 24.5 Å². The third-order valence-electron chi connectivity index (χ3n) is 4.79. The van der Waals surface area contributed by atoms with Gasteiger partial charge in [0, 0.05) is 55.4 Å². The van der Waals surface area contributed by atoms with E-state index in [-0.39, 0.29) is 12.5 Å². The second-order valence-electron chi connectivity index (χ2n) is 6.76. The maximum absolute atomic E-state index is 12.4. The second kappa shape index (κ2) is 8.18. The number of likely N-dealkylation sites (N-methyl/N-ethyl adjacent to an activating group) is 1. The fourth-order valence-corrected chi connectivity index (χ4v) is 3.08. The highest BCUT2D eigenvalue weighted by molar-refractivity contribution is 5.94. The number of hydrogen-bond donors (Lipinski definition) is 1. The van der Waals surface area contributed by atoms with Gasteiger partial charge in [-0.2, -0.15) is 0 Å². The second-order valence-corrected chi connectivity index (χ2v) is 6.76. The maximum Gasteiger partial charge on any atom is 0.251 e. The van der Waals surface area contributed by atoms with Crippen LogP contribution in [0.1, 0.15) is 16.2 Å². The molecule has 0 atom stereocenters. The van der Waals surface area contributed by atoms with Gasteiger partial charge in [0.2, 0.25) is 11.8 Å². The zero-order valence-electron chi connectivity index (χ0n) is 15.7. The minimum Gasteiger partial charge on any atom is -0.419 e. The summed E-state index contributed by atoms with van der Waals surface area (Å²) in [5.41, 5.74) is 2.54. The summed E-state index contributed by atoms with van der Waals surface area (Å²) in [4.78, 5) is 21.0. The molecule has 4 rings (SSSR count). The van der Waals surface area contributed by atoms with E-state index in [0.29, 0.717) is 17.3 Å². The van der Waals surface area contributed by atoms with Gasteiger partial charge in [-0.15, -0.1) is 10.2 Å². The van der Waals surface area contributed by atoms with Crippen LogP contribution >= 0.6 is 0 Å². The quantitative estimate of drug-likeness (QED) is 0.724. The van der Waals surface area contributed by atoms with Crippen molar-refractivity contribution >= 4 is 11.6 Å². The predicted molar refractivity (Wildman–Crippen MR) is 105 cm³/mol. The van der Waals surface area contributed by atoms with Crippen LogP contribution in [-0.4, -0.2) is 59.2 Å². The van der Waals surface area contributed by atoms with Crippen LogP contribution in [0, 0.1) is 0 Å². The molecule has 1 fully saturated rings. The van der Waals surface area contributed by atoms with Crippen molar-refractivity contribution < 1.29 is 9.21 Å². The molecule has 28 heavy (non-hydrogen) atoms. The van der Waals surface area contributed by atoms with E-state index in [9.17, 15) is 4.79 Å². The molecule has 8 heteroatoms. The molecule has 0 radical (unpaired) electrons. The third kappa shape index (κ3) is 4.17. The molecular formula is C20H22N6O2. The molecule has 144 valence electrons. The molecular weight excluding hydrogens is 356 g/mol. The number of nitrogens with one attached hydrogen (secondary N) is 1. The summed E-state index contributed by atoms with van der Waals surface area (Å²) in [6.07, 6.45) is 3.32. The molecule has 1 aromatic carbocycles. The Balaban J connectivity index is 1.33. The Labute approximate surface area is 163 Å². The average Bonchev–Trinajstić information content (AvgIpc) is 3.22. The van der Waals surface area contributed by atoms with Crippen LogP contribution < -0.4 is 10.2 Å². The van der Waals surface area contributed by atoms with Crippen molar-refractivity contribution in [3.63, 3.8) is 0 Å². The molecule has 2 aromatic heterocycles. The van der Waals surface area contributed by atoms with Gasteiger partial charge in [-0.25, -0.2) is 0 Å². The summed E-state index contributed by atoms with van der Waals surface area (Å²) < 4.78 is 5.59. The Morgan fingerprint density at radius 3 is 2.46 bits per heavy atom. The normalized spacial score (nSPS) is 14.8. The highest BCUT2D eigenvalue weighted by atomic mass is 16.4. The van der Waals surface area contributed by atoms with Crippen LogP contribution in [0.5, 0.6) is 0 Å². The Morgan fingerprint density at radius 1 is 1.04 bits per heavy atom. The van der Waals surface area contributed by atoms with Crippen LogP contribution in [0.25, 0.3) is 11.5 Å². The maximum atomic E-state index is 12.4. The van der Waals surface area contributed by atoms with E-state index in [1.807, 2.05) is 24.3 Å². The lowest BCUT2D eigenvalue weighted by atomic mass is 10.1. The molecule has 3 aromatic rings. The number of pyridine rings is 1. The van der Waals surface area contributed by atoms with Crippen molar-refractivity contribution in [2.75, 3.05) is 38.1 Å². The highest BCUT2D eigenvalue weighted by Crippen LogP contribution is 2.18. The highest BCUT2D eigenvalue weighted by Gasteiger charge is 2.15. The smallest absolute Gasteiger partial charge is 0.251 e. The van der Waals surface area contributed by atoms with Crippen LogP contribution in [-0.2, 0) is 6.54 Å². The molecule has 1 aliphatic rings. The molecule has 0 spiro atoms. The first-order valence-corrected chi connectivity index (χ1v) is 9.23. The lowest BCUT2D eigenvalue weighted by molar-refractivity contribution is 0.0947. The fourth-order valence-electron chi connectivity index (χ4n) is 3.08. The van der Waals surface area contributed by atoms with Gasteiger partial charge in [0.1, 0.15) is 0 Å². The number of amides is 1. The zero-order chi connectivity index (χ0) is 19.3. The van der Waals surface area contributed by atoms with Crippen molar-refractivity contribution in [3.8, 4) is 11.5 Å². The summed E-state index contributed by atoms with van der Waals surface area (Å²) in [5.74, 6) is 0.589. The van der Waals surface area contributed by atoms with Gasteiger partial charge in [-0.3, -0.25) is 9.78 Å². The molecule has 0 saturated carbocycles. The van der Waals surface area contributed by atoms with Gasteiger partial charge < -0.3 is 19.5 Å². The number of aromatic nitrogens is 3. The van der Waals surface area contributed by atoms with E-state index in [0.717, 1.165) is 37.4 Å². The number of nitrogens with zero attached hydrogens (tertiary/aromatic N) is 5. The van der Waals surface area contributed by atoms with Crippen molar-refractivity contribution in [3.05, 3.63) is 60.2 Å². The van der Waals surface area contributed by atoms with E-state index in [4.69, 9.17) is 4.42 Å². The SMILES string of the molecule is CN1CCN(c2ccc(C(=O)NCc3nnc(-c4ccncc4)o3)cc2)CC1. The van der Waals surface area contributed by atoms with E-state index in [2.05, 4.69) is 37.3 Å². The monoisotopic (exact) mass is 378 g/mol.